The molecule has 0 N–H and O–H groups in total. The van der Waals surface area contributed by atoms with Gasteiger partial charge in [-0.2, -0.15) is 0 Å². The number of hydrogen-bond acceptors (Lipinski definition) is 2. The summed E-state index contributed by atoms with van der Waals surface area (Å²) < 4.78 is 12.1. The zero-order valence-electron chi connectivity index (χ0n) is 9.82. The Morgan fingerprint density at radius 1 is 1.25 bits per heavy atom. The van der Waals surface area contributed by atoms with E-state index in [1.807, 2.05) is 13.8 Å². The zero-order chi connectivity index (χ0) is 11.8. The van der Waals surface area contributed by atoms with E-state index < -0.39 is 11.4 Å². The fourth-order valence-electron chi connectivity index (χ4n) is 2.58. The molecule has 0 unspecified atom stereocenters. The van der Waals surface area contributed by atoms with Crippen LogP contribution in [0, 0.1) is 0 Å². The van der Waals surface area contributed by atoms with Crippen molar-refractivity contribution in [3.63, 3.8) is 0 Å². The standard InChI is InChI=1S/C12H18Cl2O2/c1-11(2)10(9(14)8-13)15-12(16-11)6-4-3-5-7-12/h3-8H2,1-2H3/b10-9-. The van der Waals surface area contributed by atoms with Crippen molar-refractivity contribution in [2.24, 2.45) is 0 Å². The molecule has 1 aliphatic carbocycles. The summed E-state index contributed by atoms with van der Waals surface area (Å²) in [4.78, 5) is 0. The highest BCUT2D eigenvalue weighted by Gasteiger charge is 2.51. The normalized spacial score (nSPS) is 30.2. The molecule has 1 aliphatic heterocycles. The summed E-state index contributed by atoms with van der Waals surface area (Å²) in [5.74, 6) is 0.550. The van der Waals surface area contributed by atoms with Crippen molar-refractivity contribution in [1.82, 2.24) is 0 Å². The lowest BCUT2D eigenvalue weighted by atomic mass is 9.94. The van der Waals surface area contributed by atoms with Crippen LogP contribution in [0.5, 0.6) is 0 Å². The van der Waals surface area contributed by atoms with Gasteiger partial charge in [0.05, 0.1) is 10.9 Å². The summed E-state index contributed by atoms with van der Waals surface area (Å²) in [6, 6.07) is 0. The summed E-state index contributed by atoms with van der Waals surface area (Å²) in [5.41, 5.74) is -0.455. The highest BCUT2D eigenvalue weighted by atomic mass is 35.5. The number of allylic oxidation sites excluding steroid dienone is 1. The molecular weight excluding hydrogens is 247 g/mol. The van der Waals surface area contributed by atoms with E-state index in [2.05, 4.69) is 0 Å². The van der Waals surface area contributed by atoms with Gasteiger partial charge in [0, 0.05) is 12.8 Å². The van der Waals surface area contributed by atoms with Crippen LogP contribution in [-0.2, 0) is 9.47 Å². The van der Waals surface area contributed by atoms with Gasteiger partial charge in [0.2, 0.25) is 5.79 Å². The monoisotopic (exact) mass is 264 g/mol. The molecule has 0 aromatic rings. The summed E-state index contributed by atoms with van der Waals surface area (Å²) >= 11 is 11.9. The average Bonchev–Trinajstić information content (AvgIpc) is 2.50. The van der Waals surface area contributed by atoms with Crippen LogP contribution >= 0.6 is 23.2 Å². The maximum absolute atomic E-state index is 6.10. The van der Waals surface area contributed by atoms with Gasteiger partial charge in [0.25, 0.3) is 0 Å². The molecule has 1 saturated heterocycles. The van der Waals surface area contributed by atoms with E-state index in [4.69, 9.17) is 32.7 Å². The first-order valence-corrected chi connectivity index (χ1v) is 6.75. The number of hydrogen-bond donors (Lipinski definition) is 0. The Kier molecular flexibility index (Phi) is 3.44. The van der Waals surface area contributed by atoms with E-state index in [-0.39, 0.29) is 5.88 Å². The summed E-state index contributed by atoms with van der Waals surface area (Å²) in [7, 11) is 0. The molecule has 0 aromatic heterocycles. The number of halogens is 2. The van der Waals surface area contributed by atoms with Gasteiger partial charge in [0.1, 0.15) is 11.4 Å². The van der Waals surface area contributed by atoms with E-state index in [9.17, 15) is 0 Å². The predicted molar refractivity (Wildman–Crippen MR) is 65.7 cm³/mol. The van der Waals surface area contributed by atoms with Crippen molar-refractivity contribution in [2.45, 2.75) is 57.3 Å². The van der Waals surface area contributed by atoms with E-state index in [0.717, 1.165) is 25.7 Å². The Labute approximate surface area is 107 Å². The average molecular weight is 265 g/mol. The number of rotatable bonds is 1. The second-order valence-corrected chi connectivity index (χ2v) is 5.78. The lowest BCUT2D eigenvalue weighted by Crippen LogP contribution is -2.35. The van der Waals surface area contributed by atoms with E-state index in [1.54, 1.807) is 0 Å². The first-order chi connectivity index (χ1) is 7.49. The molecule has 92 valence electrons. The number of ether oxygens (including phenoxy) is 2. The first-order valence-electron chi connectivity index (χ1n) is 5.83. The van der Waals surface area contributed by atoms with E-state index in [1.165, 1.54) is 6.42 Å². The van der Waals surface area contributed by atoms with Gasteiger partial charge >= 0.3 is 0 Å². The van der Waals surface area contributed by atoms with Crippen LogP contribution in [0.2, 0.25) is 0 Å². The zero-order valence-corrected chi connectivity index (χ0v) is 11.3. The SMILES string of the molecule is CC1(C)OC2(CCCCC2)O/C1=C(\Cl)CCl. The third-order valence-electron chi connectivity index (χ3n) is 3.26. The molecule has 16 heavy (non-hydrogen) atoms. The summed E-state index contributed by atoms with van der Waals surface area (Å²) in [6.45, 7) is 3.97. The molecule has 0 aromatic carbocycles. The molecule has 1 heterocycles. The van der Waals surface area contributed by atoms with Gasteiger partial charge in [0.15, 0.2) is 0 Å². The Morgan fingerprint density at radius 3 is 2.44 bits per heavy atom. The molecule has 1 saturated carbocycles. The fraction of sp³-hybridized carbons (Fsp3) is 0.833. The molecule has 0 amide bonds. The van der Waals surface area contributed by atoms with Crippen molar-refractivity contribution >= 4 is 23.2 Å². The van der Waals surface area contributed by atoms with E-state index >= 15 is 0 Å². The van der Waals surface area contributed by atoms with Gasteiger partial charge in [-0.3, -0.25) is 0 Å². The third kappa shape index (κ3) is 2.20. The minimum atomic E-state index is -0.455. The molecule has 0 atom stereocenters. The molecule has 0 radical (unpaired) electrons. The van der Waals surface area contributed by atoms with Crippen LogP contribution in [0.1, 0.15) is 46.0 Å². The highest BCUT2D eigenvalue weighted by Crippen LogP contribution is 2.48. The third-order valence-corrected chi connectivity index (χ3v) is 3.96. The Bertz CT molecular complexity index is 304. The van der Waals surface area contributed by atoms with Crippen molar-refractivity contribution < 1.29 is 9.47 Å². The van der Waals surface area contributed by atoms with Crippen LogP contribution in [0.4, 0.5) is 0 Å². The maximum Gasteiger partial charge on any atom is 0.211 e. The second kappa shape index (κ2) is 4.40. The largest absolute Gasteiger partial charge is 0.462 e. The van der Waals surface area contributed by atoms with Gasteiger partial charge in [-0.1, -0.05) is 18.0 Å². The van der Waals surface area contributed by atoms with Gasteiger partial charge in [-0.15, -0.1) is 11.6 Å². The van der Waals surface area contributed by atoms with Crippen molar-refractivity contribution in [1.29, 1.82) is 0 Å². The Hall–Kier alpha value is 0.0800. The smallest absolute Gasteiger partial charge is 0.211 e. The van der Waals surface area contributed by atoms with Crippen LogP contribution < -0.4 is 0 Å². The van der Waals surface area contributed by atoms with Gasteiger partial charge in [-0.25, -0.2) is 0 Å². The minimum Gasteiger partial charge on any atom is -0.462 e. The van der Waals surface area contributed by atoms with Crippen molar-refractivity contribution in [3.8, 4) is 0 Å². The predicted octanol–water partition coefficient (Wildman–Crippen LogP) is 4.16. The molecule has 2 nitrogen and oxygen atoms in total. The maximum atomic E-state index is 6.10. The molecule has 2 fully saturated rings. The molecule has 0 bridgehead atoms. The van der Waals surface area contributed by atoms with Crippen LogP contribution in [-0.4, -0.2) is 17.3 Å². The van der Waals surface area contributed by atoms with Crippen LogP contribution in [0.3, 0.4) is 0 Å². The molecular formula is C12H18Cl2O2. The van der Waals surface area contributed by atoms with E-state index in [0.29, 0.717) is 10.8 Å². The second-order valence-electron chi connectivity index (χ2n) is 5.05. The Balaban J connectivity index is 2.25. The van der Waals surface area contributed by atoms with Gasteiger partial charge in [-0.05, 0) is 26.7 Å². The fourth-order valence-corrected chi connectivity index (χ4v) is 2.97. The summed E-state index contributed by atoms with van der Waals surface area (Å²) in [6.07, 6.45) is 5.47. The topological polar surface area (TPSA) is 18.5 Å². The molecule has 2 rings (SSSR count). The Morgan fingerprint density at radius 2 is 1.88 bits per heavy atom. The van der Waals surface area contributed by atoms with Crippen LogP contribution in [0.15, 0.2) is 10.8 Å². The molecule has 1 spiro atoms. The molecule has 4 heteroatoms. The van der Waals surface area contributed by atoms with Crippen molar-refractivity contribution in [3.05, 3.63) is 10.8 Å². The van der Waals surface area contributed by atoms with Crippen LogP contribution in [0.25, 0.3) is 0 Å². The summed E-state index contributed by atoms with van der Waals surface area (Å²) in [5, 5.41) is 0.564. The first kappa shape index (κ1) is 12.5. The lowest BCUT2D eigenvalue weighted by Gasteiger charge is -2.32. The number of alkyl halides is 1. The van der Waals surface area contributed by atoms with Crippen molar-refractivity contribution in [2.75, 3.05) is 5.88 Å². The van der Waals surface area contributed by atoms with Gasteiger partial charge < -0.3 is 9.47 Å². The molecule has 2 aliphatic rings. The minimum absolute atomic E-state index is 0.278. The lowest BCUT2D eigenvalue weighted by molar-refractivity contribution is -0.196. The quantitative estimate of drug-likeness (QED) is 0.663. The highest BCUT2D eigenvalue weighted by molar-refractivity contribution is 6.36.